The highest BCUT2D eigenvalue weighted by atomic mass is 16.3. The molecule has 2 nitrogen and oxygen atoms in total. The molecule has 0 atom stereocenters. The van der Waals surface area contributed by atoms with E-state index in [1.54, 1.807) is 18.3 Å². The Hall–Kier alpha value is -2.35. The number of aryl methyl sites for hydroxylation is 1. The van der Waals surface area contributed by atoms with Crippen LogP contribution in [0.25, 0.3) is 21.9 Å². The van der Waals surface area contributed by atoms with Crippen molar-refractivity contribution in [2.75, 3.05) is 0 Å². The molecule has 1 aromatic heterocycles. The number of phenols is 1. The van der Waals surface area contributed by atoms with Crippen LogP contribution in [-0.2, 0) is 0 Å². The molecule has 0 aliphatic heterocycles. The number of rotatable bonds is 1. The lowest BCUT2D eigenvalue weighted by atomic mass is 9.96. The molecule has 0 radical (unpaired) electrons. The van der Waals surface area contributed by atoms with E-state index in [9.17, 15) is 5.11 Å². The fraction of sp³-hybridized carbons (Fsp3) is 0.0625. The standard InChI is InChI=1S/C16H13NO/c1-11-9-13(18)5-6-14(11)15-4-2-3-12-7-8-17-10-16(12)15/h2-10,18H,1H3. The molecule has 0 spiro atoms. The van der Waals surface area contributed by atoms with E-state index in [1.165, 1.54) is 5.39 Å². The number of phenolic OH excluding ortho intramolecular Hbond substituents is 1. The van der Waals surface area contributed by atoms with Crippen molar-refractivity contribution in [1.82, 2.24) is 4.98 Å². The zero-order valence-electron chi connectivity index (χ0n) is 10.1. The lowest BCUT2D eigenvalue weighted by molar-refractivity contribution is 0.475. The SMILES string of the molecule is Cc1cc(O)ccc1-c1cccc2ccncc12. The quantitative estimate of drug-likeness (QED) is 0.693. The van der Waals surface area contributed by atoms with Crippen LogP contribution in [0.15, 0.2) is 54.9 Å². The van der Waals surface area contributed by atoms with Gasteiger partial charge >= 0.3 is 0 Å². The first kappa shape index (κ1) is 10.8. The van der Waals surface area contributed by atoms with Gasteiger partial charge in [-0.2, -0.15) is 0 Å². The Morgan fingerprint density at radius 3 is 2.72 bits per heavy atom. The molecule has 0 saturated carbocycles. The highest BCUT2D eigenvalue weighted by Crippen LogP contribution is 2.31. The fourth-order valence-corrected chi connectivity index (χ4v) is 2.30. The van der Waals surface area contributed by atoms with Gasteiger partial charge in [0.15, 0.2) is 0 Å². The van der Waals surface area contributed by atoms with E-state index in [4.69, 9.17) is 0 Å². The molecule has 0 aliphatic rings. The molecule has 0 aliphatic carbocycles. The van der Waals surface area contributed by atoms with Crippen molar-refractivity contribution in [3.05, 3.63) is 60.4 Å². The molecular formula is C16H13NO. The Morgan fingerprint density at radius 1 is 1.00 bits per heavy atom. The van der Waals surface area contributed by atoms with E-state index in [0.29, 0.717) is 5.75 Å². The highest BCUT2D eigenvalue weighted by Gasteiger charge is 2.06. The minimum Gasteiger partial charge on any atom is -0.508 e. The molecule has 2 aromatic carbocycles. The summed E-state index contributed by atoms with van der Waals surface area (Å²) < 4.78 is 0. The predicted octanol–water partition coefficient (Wildman–Crippen LogP) is 3.92. The summed E-state index contributed by atoms with van der Waals surface area (Å²) in [6.45, 7) is 2.00. The molecule has 0 amide bonds. The Morgan fingerprint density at radius 2 is 1.89 bits per heavy atom. The third-order valence-electron chi connectivity index (χ3n) is 3.18. The van der Waals surface area contributed by atoms with Crippen LogP contribution in [0.3, 0.4) is 0 Å². The van der Waals surface area contributed by atoms with Gasteiger partial charge in [-0.05, 0) is 47.2 Å². The van der Waals surface area contributed by atoms with Crippen molar-refractivity contribution in [1.29, 1.82) is 0 Å². The lowest BCUT2D eigenvalue weighted by Crippen LogP contribution is -1.86. The first-order valence-corrected chi connectivity index (χ1v) is 5.88. The van der Waals surface area contributed by atoms with Gasteiger partial charge in [0, 0.05) is 17.8 Å². The maximum atomic E-state index is 9.49. The van der Waals surface area contributed by atoms with E-state index in [-0.39, 0.29) is 0 Å². The summed E-state index contributed by atoms with van der Waals surface area (Å²) in [7, 11) is 0. The van der Waals surface area contributed by atoms with Crippen LogP contribution < -0.4 is 0 Å². The van der Waals surface area contributed by atoms with Crippen molar-refractivity contribution in [3.8, 4) is 16.9 Å². The predicted molar refractivity (Wildman–Crippen MR) is 73.6 cm³/mol. The van der Waals surface area contributed by atoms with Crippen molar-refractivity contribution < 1.29 is 5.11 Å². The van der Waals surface area contributed by atoms with Gasteiger partial charge in [-0.1, -0.05) is 24.3 Å². The van der Waals surface area contributed by atoms with Gasteiger partial charge in [-0.15, -0.1) is 0 Å². The number of fused-ring (bicyclic) bond motifs is 1. The summed E-state index contributed by atoms with van der Waals surface area (Å²) >= 11 is 0. The Bertz CT molecular complexity index is 714. The van der Waals surface area contributed by atoms with Crippen molar-refractivity contribution in [2.45, 2.75) is 6.92 Å². The van der Waals surface area contributed by atoms with Gasteiger partial charge in [0.1, 0.15) is 5.75 Å². The van der Waals surface area contributed by atoms with Crippen LogP contribution in [0.1, 0.15) is 5.56 Å². The van der Waals surface area contributed by atoms with Crippen LogP contribution in [-0.4, -0.2) is 10.1 Å². The minimum absolute atomic E-state index is 0.301. The lowest BCUT2D eigenvalue weighted by Gasteiger charge is -2.09. The maximum Gasteiger partial charge on any atom is 0.115 e. The normalized spacial score (nSPS) is 10.7. The summed E-state index contributed by atoms with van der Waals surface area (Å²) in [5.74, 6) is 0.301. The first-order chi connectivity index (χ1) is 8.75. The number of nitrogens with zero attached hydrogens (tertiary/aromatic N) is 1. The van der Waals surface area contributed by atoms with E-state index < -0.39 is 0 Å². The number of hydrogen-bond donors (Lipinski definition) is 1. The van der Waals surface area contributed by atoms with Gasteiger partial charge in [-0.3, -0.25) is 4.98 Å². The second kappa shape index (κ2) is 4.15. The molecule has 0 fully saturated rings. The highest BCUT2D eigenvalue weighted by molar-refractivity contribution is 5.96. The van der Waals surface area contributed by atoms with E-state index >= 15 is 0 Å². The largest absolute Gasteiger partial charge is 0.508 e. The molecule has 0 bridgehead atoms. The number of aromatic hydroxyl groups is 1. The average Bonchev–Trinajstić information content (AvgIpc) is 2.38. The number of pyridine rings is 1. The topological polar surface area (TPSA) is 33.1 Å². The zero-order chi connectivity index (χ0) is 12.5. The van der Waals surface area contributed by atoms with Gasteiger partial charge in [-0.25, -0.2) is 0 Å². The summed E-state index contributed by atoms with van der Waals surface area (Å²) in [5, 5.41) is 11.8. The van der Waals surface area contributed by atoms with Crippen LogP contribution in [0.4, 0.5) is 0 Å². The molecule has 3 rings (SSSR count). The Kier molecular flexibility index (Phi) is 2.49. The van der Waals surface area contributed by atoms with Gasteiger partial charge in [0.05, 0.1) is 0 Å². The van der Waals surface area contributed by atoms with Crippen LogP contribution >= 0.6 is 0 Å². The molecule has 18 heavy (non-hydrogen) atoms. The third-order valence-corrected chi connectivity index (χ3v) is 3.18. The molecule has 3 aromatic rings. The maximum absolute atomic E-state index is 9.49. The van der Waals surface area contributed by atoms with Crippen molar-refractivity contribution in [2.24, 2.45) is 0 Å². The summed E-state index contributed by atoms with van der Waals surface area (Å²) in [5.41, 5.74) is 3.34. The number of aromatic nitrogens is 1. The zero-order valence-corrected chi connectivity index (χ0v) is 10.1. The smallest absolute Gasteiger partial charge is 0.115 e. The minimum atomic E-state index is 0.301. The van der Waals surface area contributed by atoms with Gasteiger partial charge in [0.25, 0.3) is 0 Å². The van der Waals surface area contributed by atoms with Crippen molar-refractivity contribution >= 4 is 10.8 Å². The molecule has 1 heterocycles. The van der Waals surface area contributed by atoms with Crippen molar-refractivity contribution in [3.63, 3.8) is 0 Å². The molecule has 88 valence electrons. The monoisotopic (exact) mass is 235 g/mol. The third kappa shape index (κ3) is 1.72. The summed E-state index contributed by atoms with van der Waals surface area (Å²) in [6, 6.07) is 13.7. The molecule has 1 N–H and O–H groups in total. The fourth-order valence-electron chi connectivity index (χ4n) is 2.30. The number of hydrogen-bond acceptors (Lipinski definition) is 2. The Balaban J connectivity index is 2.31. The summed E-state index contributed by atoms with van der Waals surface area (Å²) in [4.78, 5) is 4.20. The van der Waals surface area contributed by atoms with E-state index in [2.05, 4.69) is 17.1 Å². The van der Waals surface area contributed by atoms with Crippen LogP contribution in [0, 0.1) is 6.92 Å². The van der Waals surface area contributed by atoms with Gasteiger partial charge in [0.2, 0.25) is 0 Å². The number of benzene rings is 2. The first-order valence-electron chi connectivity index (χ1n) is 5.88. The molecular weight excluding hydrogens is 222 g/mol. The van der Waals surface area contributed by atoms with Crippen LogP contribution in [0.2, 0.25) is 0 Å². The Labute approximate surface area is 106 Å². The average molecular weight is 235 g/mol. The van der Waals surface area contributed by atoms with E-state index in [1.807, 2.05) is 31.3 Å². The van der Waals surface area contributed by atoms with Crippen LogP contribution in [0.5, 0.6) is 5.75 Å². The second-order valence-electron chi connectivity index (χ2n) is 4.40. The molecule has 0 unspecified atom stereocenters. The van der Waals surface area contributed by atoms with Gasteiger partial charge < -0.3 is 5.11 Å². The molecule has 0 saturated heterocycles. The second-order valence-corrected chi connectivity index (χ2v) is 4.40. The van der Waals surface area contributed by atoms with E-state index in [0.717, 1.165) is 22.1 Å². The molecule has 2 heteroatoms. The summed E-state index contributed by atoms with van der Waals surface area (Å²) in [6.07, 6.45) is 3.69.